The topological polar surface area (TPSA) is 27.1 Å². The number of aromatic nitrogens is 2. The van der Waals surface area contributed by atoms with Crippen LogP contribution in [-0.2, 0) is 10.6 Å². The summed E-state index contributed by atoms with van der Waals surface area (Å²) in [7, 11) is 0. The number of halogens is 2. The molecule has 0 aliphatic carbocycles. The Kier molecular flexibility index (Phi) is 3.46. The van der Waals surface area contributed by atoms with Crippen molar-refractivity contribution in [1.82, 2.24) is 9.55 Å². The van der Waals surface area contributed by atoms with Gasteiger partial charge in [-0.25, -0.2) is 9.37 Å². The molecule has 0 bridgehead atoms. The van der Waals surface area contributed by atoms with E-state index >= 15 is 0 Å². The summed E-state index contributed by atoms with van der Waals surface area (Å²) < 4.78 is 21.3. The summed E-state index contributed by atoms with van der Waals surface area (Å²) >= 11 is 6.03. The van der Waals surface area contributed by atoms with E-state index in [9.17, 15) is 4.39 Å². The van der Waals surface area contributed by atoms with E-state index in [1.807, 2.05) is 0 Å². The van der Waals surface area contributed by atoms with Crippen molar-refractivity contribution in [3.8, 4) is 0 Å². The zero-order valence-corrected chi connectivity index (χ0v) is 12.5. The van der Waals surface area contributed by atoms with Gasteiger partial charge < -0.3 is 9.30 Å². The molecule has 1 aromatic heterocycles. The van der Waals surface area contributed by atoms with Crippen molar-refractivity contribution < 1.29 is 9.13 Å². The third kappa shape index (κ3) is 2.42. The van der Waals surface area contributed by atoms with Gasteiger partial charge in [0.25, 0.3) is 0 Å². The lowest BCUT2D eigenvalue weighted by molar-refractivity contribution is -0.0688. The van der Waals surface area contributed by atoms with Crippen molar-refractivity contribution in [2.75, 3.05) is 6.61 Å². The maximum absolute atomic E-state index is 13.3. The lowest BCUT2D eigenvalue weighted by Crippen LogP contribution is -2.35. The second kappa shape index (κ2) is 5.01. The normalized spacial score (nSPS) is 22.3. The summed E-state index contributed by atoms with van der Waals surface area (Å²) in [5, 5.41) is 0. The Labute approximate surface area is 122 Å². The van der Waals surface area contributed by atoms with Crippen molar-refractivity contribution in [2.45, 2.75) is 44.2 Å². The summed E-state index contributed by atoms with van der Waals surface area (Å²) in [4.78, 5) is 4.47. The highest BCUT2D eigenvalue weighted by molar-refractivity contribution is 6.16. The molecule has 0 N–H and O–H groups in total. The summed E-state index contributed by atoms with van der Waals surface area (Å²) in [5.41, 5.74) is 1.47. The van der Waals surface area contributed by atoms with Crippen LogP contribution in [0.3, 0.4) is 0 Å². The summed E-state index contributed by atoms with van der Waals surface area (Å²) in [6.07, 6.45) is 1.83. The Morgan fingerprint density at radius 3 is 3.00 bits per heavy atom. The maximum atomic E-state index is 13.3. The summed E-state index contributed by atoms with van der Waals surface area (Å²) in [5.74, 6) is 0.860. The smallest absolute Gasteiger partial charge is 0.125 e. The minimum atomic E-state index is -0.268. The Balaban J connectivity index is 2.09. The molecule has 5 heteroatoms. The van der Waals surface area contributed by atoms with Gasteiger partial charge in [0.1, 0.15) is 11.6 Å². The van der Waals surface area contributed by atoms with Crippen LogP contribution in [0.4, 0.5) is 4.39 Å². The van der Waals surface area contributed by atoms with Crippen molar-refractivity contribution >= 4 is 22.6 Å². The van der Waals surface area contributed by atoms with E-state index in [2.05, 4.69) is 23.4 Å². The molecule has 1 fully saturated rings. The van der Waals surface area contributed by atoms with Crippen molar-refractivity contribution in [3.05, 3.63) is 29.8 Å². The number of nitrogens with zero attached hydrogens (tertiary/aromatic N) is 2. The minimum Gasteiger partial charge on any atom is -0.375 e. The molecule has 1 unspecified atom stereocenters. The molecule has 0 radical (unpaired) electrons. The highest BCUT2D eigenvalue weighted by Crippen LogP contribution is 2.35. The van der Waals surface area contributed by atoms with Crippen LogP contribution < -0.4 is 0 Å². The zero-order valence-electron chi connectivity index (χ0n) is 11.7. The molecule has 1 aromatic carbocycles. The molecule has 1 saturated heterocycles. The molecule has 3 rings (SSSR count). The standard InChI is InChI=1S/C15H18ClFN2O/c1-15(2)8-11(5-6-20-15)19-13-4-3-10(17)7-12(13)18-14(19)9-16/h3-4,7,11H,5-6,8-9H2,1-2H3. The second-order valence-electron chi connectivity index (χ2n) is 5.92. The quantitative estimate of drug-likeness (QED) is 0.782. The van der Waals surface area contributed by atoms with Crippen molar-refractivity contribution in [1.29, 1.82) is 0 Å². The number of hydrogen-bond donors (Lipinski definition) is 0. The molecule has 0 amide bonds. The first-order chi connectivity index (χ1) is 9.50. The molecule has 2 aromatic rings. The van der Waals surface area contributed by atoms with Gasteiger partial charge >= 0.3 is 0 Å². The number of benzene rings is 1. The lowest BCUT2D eigenvalue weighted by atomic mass is 9.93. The van der Waals surface area contributed by atoms with Gasteiger partial charge in [0.15, 0.2) is 0 Å². The number of fused-ring (bicyclic) bond motifs is 1. The van der Waals surface area contributed by atoms with Gasteiger partial charge in [-0.1, -0.05) is 0 Å². The van der Waals surface area contributed by atoms with Gasteiger partial charge in [-0.3, -0.25) is 0 Å². The van der Waals surface area contributed by atoms with Crippen LogP contribution in [0.1, 0.15) is 38.6 Å². The van der Waals surface area contributed by atoms with E-state index in [0.717, 1.165) is 30.8 Å². The third-order valence-corrected chi connectivity index (χ3v) is 4.12. The van der Waals surface area contributed by atoms with Gasteiger partial charge in [-0.15, -0.1) is 11.6 Å². The fourth-order valence-electron chi connectivity index (χ4n) is 3.04. The molecule has 108 valence electrons. The summed E-state index contributed by atoms with van der Waals surface area (Å²) in [6, 6.07) is 5.02. The maximum Gasteiger partial charge on any atom is 0.125 e. The van der Waals surface area contributed by atoms with E-state index in [-0.39, 0.29) is 11.4 Å². The molecular weight excluding hydrogens is 279 g/mol. The van der Waals surface area contributed by atoms with Crippen LogP contribution in [0.25, 0.3) is 11.0 Å². The van der Waals surface area contributed by atoms with E-state index < -0.39 is 0 Å². The van der Waals surface area contributed by atoms with Gasteiger partial charge in [0.05, 0.1) is 22.5 Å². The Bertz CT molecular complexity index is 638. The summed E-state index contributed by atoms with van der Waals surface area (Å²) in [6.45, 7) is 4.91. The Morgan fingerprint density at radius 2 is 2.30 bits per heavy atom. The monoisotopic (exact) mass is 296 g/mol. The fraction of sp³-hybridized carbons (Fsp3) is 0.533. The van der Waals surface area contributed by atoms with Crippen LogP contribution in [-0.4, -0.2) is 21.8 Å². The lowest BCUT2D eigenvalue weighted by Gasteiger charge is -2.36. The molecule has 20 heavy (non-hydrogen) atoms. The fourth-order valence-corrected chi connectivity index (χ4v) is 3.23. The highest BCUT2D eigenvalue weighted by Gasteiger charge is 2.31. The average Bonchev–Trinajstić information content (AvgIpc) is 2.74. The SMILES string of the molecule is CC1(C)CC(n2c(CCl)nc3cc(F)ccc32)CCO1. The third-order valence-electron chi connectivity index (χ3n) is 3.88. The molecule has 0 saturated carbocycles. The van der Waals surface area contributed by atoms with Gasteiger partial charge in [-0.05, 0) is 38.8 Å². The van der Waals surface area contributed by atoms with Crippen molar-refractivity contribution in [3.63, 3.8) is 0 Å². The van der Waals surface area contributed by atoms with E-state index in [4.69, 9.17) is 16.3 Å². The second-order valence-corrected chi connectivity index (χ2v) is 6.19. The molecule has 2 heterocycles. The van der Waals surface area contributed by atoms with Gasteiger partial charge in [-0.2, -0.15) is 0 Å². The Morgan fingerprint density at radius 1 is 1.50 bits per heavy atom. The number of imidazole rings is 1. The van der Waals surface area contributed by atoms with Gasteiger partial charge in [0, 0.05) is 18.7 Å². The van der Waals surface area contributed by atoms with Crippen molar-refractivity contribution in [2.24, 2.45) is 0 Å². The van der Waals surface area contributed by atoms with Gasteiger partial charge in [0.2, 0.25) is 0 Å². The predicted molar refractivity (Wildman–Crippen MR) is 77.6 cm³/mol. The van der Waals surface area contributed by atoms with Crippen LogP contribution in [0.15, 0.2) is 18.2 Å². The number of alkyl halides is 1. The first-order valence-corrected chi connectivity index (χ1v) is 7.40. The minimum absolute atomic E-state index is 0.150. The molecule has 1 aliphatic rings. The van der Waals surface area contributed by atoms with E-state index in [1.165, 1.54) is 12.1 Å². The van der Waals surface area contributed by atoms with Crippen LogP contribution in [0, 0.1) is 5.82 Å². The zero-order chi connectivity index (χ0) is 14.3. The predicted octanol–water partition coefficient (Wildman–Crippen LogP) is 4.04. The molecule has 1 aliphatic heterocycles. The molecule has 0 spiro atoms. The highest BCUT2D eigenvalue weighted by atomic mass is 35.5. The molecular formula is C15H18ClFN2O. The van der Waals surface area contributed by atoms with Crippen LogP contribution in [0.2, 0.25) is 0 Å². The largest absolute Gasteiger partial charge is 0.375 e. The average molecular weight is 297 g/mol. The number of ether oxygens (including phenoxy) is 1. The first-order valence-electron chi connectivity index (χ1n) is 6.86. The number of hydrogen-bond acceptors (Lipinski definition) is 2. The van der Waals surface area contributed by atoms with Crippen LogP contribution in [0.5, 0.6) is 0 Å². The molecule has 1 atom stereocenters. The Hall–Kier alpha value is -1.13. The molecule has 3 nitrogen and oxygen atoms in total. The first kappa shape index (κ1) is 13.8. The van der Waals surface area contributed by atoms with E-state index in [0.29, 0.717) is 17.4 Å². The van der Waals surface area contributed by atoms with Crippen LogP contribution >= 0.6 is 11.6 Å². The number of rotatable bonds is 2. The van der Waals surface area contributed by atoms with E-state index in [1.54, 1.807) is 6.07 Å².